The zero-order valence-corrected chi connectivity index (χ0v) is 16.8. The molecule has 166 valence electrons. The molecule has 13 heteroatoms. The van der Waals surface area contributed by atoms with E-state index in [9.17, 15) is 24.0 Å². The summed E-state index contributed by atoms with van der Waals surface area (Å²) in [5.74, 6) is -4.60. The van der Waals surface area contributed by atoms with Crippen molar-refractivity contribution in [1.29, 1.82) is 0 Å². The molecule has 0 aromatic carbocycles. The Morgan fingerprint density at radius 1 is 0.862 bits per heavy atom. The Morgan fingerprint density at radius 3 is 1.97 bits per heavy atom. The number of hydrogen-bond donors (Lipinski definition) is 8. The number of rotatable bonds is 15. The molecule has 3 unspecified atom stereocenters. The van der Waals surface area contributed by atoms with E-state index >= 15 is 0 Å². The average molecular weight is 436 g/mol. The predicted octanol–water partition coefficient (Wildman–Crippen LogP) is -2.59. The molecule has 9 N–H and O–H groups in total. The molecule has 12 nitrogen and oxygen atoms in total. The molecule has 0 bridgehead atoms. The highest BCUT2D eigenvalue weighted by atomic mass is 32.1. The van der Waals surface area contributed by atoms with Crippen LogP contribution in [0.1, 0.15) is 32.1 Å². The molecule has 0 saturated heterocycles. The van der Waals surface area contributed by atoms with E-state index < -0.39 is 60.8 Å². The van der Waals surface area contributed by atoms with Crippen molar-refractivity contribution in [3.8, 4) is 0 Å². The Balaban J connectivity index is 5.21. The summed E-state index contributed by atoms with van der Waals surface area (Å²) >= 11 is 3.92. The topological polar surface area (TPSA) is 214 Å². The van der Waals surface area contributed by atoms with E-state index in [1.165, 1.54) is 0 Å². The Labute approximate surface area is 173 Å². The third-order valence-corrected chi connectivity index (χ3v) is 4.20. The standard InChI is InChI=1S/C16H29N5O7S/c17-6-2-1-3-10(20-14(26)9(18)8-29)16(28)21-11(4-5-12(22)23)15(27)19-7-13(24)25/h9-11,29H,1-8,17-18H2,(H,19,27)(H,20,26)(H,21,28)(H,22,23)(H,24,25). The summed E-state index contributed by atoms with van der Waals surface area (Å²) in [4.78, 5) is 58.2. The van der Waals surface area contributed by atoms with Crippen molar-refractivity contribution in [2.24, 2.45) is 11.5 Å². The lowest BCUT2D eigenvalue weighted by molar-refractivity contribution is -0.140. The highest BCUT2D eigenvalue weighted by Gasteiger charge is 2.28. The van der Waals surface area contributed by atoms with Crippen LogP contribution in [0.4, 0.5) is 0 Å². The second kappa shape index (κ2) is 14.6. The molecule has 3 atom stereocenters. The van der Waals surface area contributed by atoms with Gasteiger partial charge < -0.3 is 37.6 Å². The molecule has 0 aromatic rings. The summed E-state index contributed by atoms with van der Waals surface area (Å²) in [5, 5.41) is 24.4. The van der Waals surface area contributed by atoms with Crippen LogP contribution in [0.3, 0.4) is 0 Å². The zero-order valence-electron chi connectivity index (χ0n) is 15.9. The van der Waals surface area contributed by atoms with Gasteiger partial charge in [0.2, 0.25) is 17.7 Å². The third kappa shape index (κ3) is 11.9. The summed E-state index contributed by atoms with van der Waals surface area (Å²) in [5.41, 5.74) is 11.0. The lowest BCUT2D eigenvalue weighted by atomic mass is 10.1. The van der Waals surface area contributed by atoms with Crippen LogP contribution in [0.5, 0.6) is 0 Å². The fourth-order valence-electron chi connectivity index (χ4n) is 2.22. The van der Waals surface area contributed by atoms with Crippen molar-refractivity contribution in [2.45, 2.75) is 50.2 Å². The van der Waals surface area contributed by atoms with Crippen LogP contribution in [0.15, 0.2) is 0 Å². The maximum absolute atomic E-state index is 12.6. The van der Waals surface area contributed by atoms with Gasteiger partial charge >= 0.3 is 11.9 Å². The monoisotopic (exact) mass is 435 g/mol. The molecule has 29 heavy (non-hydrogen) atoms. The maximum Gasteiger partial charge on any atom is 0.322 e. The Bertz CT molecular complexity index is 590. The lowest BCUT2D eigenvalue weighted by Gasteiger charge is -2.23. The molecule has 0 aliphatic heterocycles. The van der Waals surface area contributed by atoms with Crippen LogP contribution in [0, 0.1) is 0 Å². The van der Waals surface area contributed by atoms with Gasteiger partial charge in [0.25, 0.3) is 0 Å². The van der Waals surface area contributed by atoms with Gasteiger partial charge in [0.05, 0.1) is 6.04 Å². The quantitative estimate of drug-likeness (QED) is 0.0998. The van der Waals surface area contributed by atoms with Gasteiger partial charge in [0.15, 0.2) is 0 Å². The first-order valence-electron chi connectivity index (χ1n) is 9.00. The fourth-order valence-corrected chi connectivity index (χ4v) is 2.38. The van der Waals surface area contributed by atoms with Gasteiger partial charge in [0, 0.05) is 12.2 Å². The minimum atomic E-state index is -1.30. The number of thiol groups is 1. The molecular formula is C16H29N5O7S. The van der Waals surface area contributed by atoms with Gasteiger partial charge in [-0.1, -0.05) is 0 Å². The number of carbonyl (C=O) groups excluding carboxylic acids is 3. The molecule has 0 saturated carbocycles. The highest BCUT2D eigenvalue weighted by molar-refractivity contribution is 7.80. The predicted molar refractivity (Wildman–Crippen MR) is 106 cm³/mol. The van der Waals surface area contributed by atoms with Crippen molar-refractivity contribution in [2.75, 3.05) is 18.8 Å². The number of carboxylic acid groups (broad SMARTS) is 2. The second-order valence-corrected chi connectivity index (χ2v) is 6.60. The zero-order chi connectivity index (χ0) is 22.4. The molecule has 0 aromatic heterocycles. The Morgan fingerprint density at radius 2 is 1.45 bits per heavy atom. The van der Waals surface area contributed by atoms with E-state index in [0.717, 1.165) is 0 Å². The van der Waals surface area contributed by atoms with Crippen LogP contribution in [-0.4, -0.2) is 76.8 Å². The van der Waals surface area contributed by atoms with Crippen LogP contribution in [0.25, 0.3) is 0 Å². The van der Waals surface area contributed by atoms with Crippen LogP contribution >= 0.6 is 12.6 Å². The maximum atomic E-state index is 12.6. The molecule has 0 heterocycles. The number of amides is 3. The van der Waals surface area contributed by atoms with Crippen LogP contribution < -0.4 is 27.4 Å². The smallest absolute Gasteiger partial charge is 0.322 e. The first kappa shape index (κ1) is 26.6. The summed E-state index contributed by atoms with van der Waals surface area (Å²) in [6, 6.07) is -3.25. The number of nitrogens with two attached hydrogens (primary N) is 2. The van der Waals surface area contributed by atoms with E-state index in [4.69, 9.17) is 21.7 Å². The van der Waals surface area contributed by atoms with Gasteiger partial charge in [-0.25, -0.2) is 0 Å². The van der Waals surface area contributed by atoms with Gasteiger partial charge in [-0.15, -0.1) is 0 Å². The molecular weight excluding hydrogens is 406 g/mol. The van der Waals surface area contributed by atoms with Crippen molar-refractivity contribution in [1.82, 2.24) is 16.0 Å². The Kier molecular flexibility index (Phi) is 13.4. The van der Waals surface area contributed by atoms with Gasteiger partial charge in [0.1, 0.15) is 18.6 Å². The molecule has 0 spiro atoms. The molecule has 0 aliphatic carbocycles. The first-order chi connectivity index (χ1) is 13.6. The van der Waals surface area contributed by atoms with E-state index in [2.05, 4.69) is 28.6 Å². The van der Waals surface area contributed by atoms with Crippen molar-refractivity contribution in [3.05, 3.63) is 0 Å². The normalized spacial score (nSPS) is 13.6. The molecule has 0 radical (unpaired) electrons. The number of carboxylic acids is 2. The van der Waals surface area contributed by atoms with Crippen molar-refractivity contribution < 1.29 is 34.2 Å². The van der Waals surface area contributed by atoms with E-state index in [0.29, 0.717) is 19.4 Å². The van der Waals surface area contributed by atoms with E-state index in [1.807, 2.05) is 0 Å². The number of carbonyl (C=O) groups is 5. The van der Waals surface area contributed by atoms with Gasteiger partial charge in [-0.05, 0) is 32.2 Å². The van der Waals surface area contributed by atoms with E-state index in [-0.39, 0.29) is 18.6 Å². The summed E-state index contributed by atoms with van der Waals surface area (Å²) in [6.45, 7) is -0.303. The minimum Gasteiger partial charge on any atom is -0.481 e. The third-order valence-electron chi connectivity index (χ3n) is 3.81. The fraction of sp³-hybridized carbons (Fsp3) is 0.688. The summed E-state index contributed by atoms with van der Waals surface area (Å²) in [7, 11) is 0. The van der Waals surface area contributed by atoms with Crippen molar-refractivity contribution >= 4 is 42.3 Å². The summed E-state index contributed by atoms with van der Waals surface area (Å²) < 4.78 is 0. The Hall–Kier alpha value is -2.38. The minimum absolute atomic E-state index is 0.0573. The summed E-state index contributed by atoms with van der Waals surface area (Å²) in [6.07, 6.45) is 0.637. The molecule has 0 rings (SSSR count). The number of nitrogens with one attached hydrogen (secondary N) is 3. The number of hydrogen-bond acceptors (Lipinski definition) is 8. The van der Waals surface area contributed by atoms with Gasteiger partial charge in [-0.3, -0.25) is 24.0 Å². The highest BCUT2D eigenvalue weighted by Crippen LogP contribution is 2.05. The second-order valence-electron chi connectivity index (χ2n) is 6.24. The van der Waals surface area contributed by atoms with Crippen LogP contribution in [-0.2, 0) is 24.0 Å². The number of aliphatic carboxylic acids is 2. The van der Waals surface area contributed by atoms with E-state index in [1.54, 1.807) is 0 Å². The molecule has 3 amide bonds. The first-order valence-corrected chi connectivity index (χ1v) is 9.64. The van der Waals surface area contributed by atoms with Crippen LogP contribution in [0.2, 0.25) is 0 Å². The lowest BCUT2D eigenvalue weighted by Crippen LogP contribution is -2.56. The molecule has 0 aliphatic rings. The van der Waals surface area contributed by atoms with Gasteiger partial charge in [-0.2, -0.15) is 12.6 Å². The largest absolute Gasteiger partial charge is 0.481 e. The average Bonchev–Trinajstić information content (AvgIpc) is 2.67. The SMILES string of the molecule is NCCCCC(NC(=O)C(N)CS)C(=O)NC(CCC(=O)O)C(=O)NCC(=O)O. The molecule has 0 fully saturated rings. The number of unbranched alkanes of at least 4 members (excludes halogenated alkanes) is 1. The van der Waals surface area contributed by atoms with Crippen molar-refractivity contribution in [3.63, 3.8) is 0 Å².